The second kappa shape index (κ2) is 4.66. The number of halogens is 1. The third kappa shape index (κ3) is 2.37. The van der Waals surface area contributed by atoms with E-state index < -0.39 is 0 Å². The Bertz CT molecular complexity index is 544. The topological polar surface area (TPSA) is 55.6 Å². The lowest BCUT2D eigenvalue weighted by molar-refractivity contribution is 0.683. The molecular formula is C12H14ClN5. The summed E-state index contributed by atoms with van der Waals surface area (Å²) in [7, 11) is 0. The molecule has 18 heavy (non-hydrogen) atoms. The Morgan fingerprint density at radius 1 is 1.39 bits per heavy atom. The Kier molecular flexibility index (Phi) is 3.01. The van der Waals surface area contributed by atoms with Crippen LogP contribution >= 0.6 is 11.6 Å². The minimum Gasteiger partial charge on any atom is -0.310 e. The van der Waals surface area contributed by atoms with Gasteiger partial charge in [-0.2, -0.15) is 5.10 Å². The van der Waals surface area contributed by atoms with Crippen LogP contribution in [0, 0.1) is 6.92 Å². The number of nitrogens with one attached hydrogen (secondary N) is 1. The van der Waals surface area contributed by atoms with Gasteiger partial charge in [0, 0.05) is 23.8 Å². The summed E-state index contributed by atoms with van der Waals surface area (Å²) < 4.78 is 1.78. The highest BCUT2D eigenvalue weighted by Gasteiger charge is 2.21. The fraction of sp³-hybridized carbons (Fsp3) is 0.417. The maximum Gasteiger partial charge on any atom is 0.176 e. The first-order valence-corrected chi connectivity index (χ1v) is 6.38. The van der Waals surface area contributed by atoms with Crippen LogP contribution < -0.4 is 5.32 Å². The molecule has 1 fully saturated rings. The molecule has 0 spiro atoms. The Balaban J connectivity index is 1.81. The Labute approximate surface area is 110 Å². The zero-order valence-corrected chi connectivity index (χ0v) is 10.9. The van der Waals surface area contributed by atoms with E-state index in [0.29, 0.717) is 17.0 Å². The van der Waals surface area contributed by atoms with Gasteiger partial charge in [-0.1, -0.05) is 11.6 Å². The van der Waals surface area contributed by atoms with Crippen molar-refractivity contribution in [3.63, 3.8) is 0 Å². The van der Waals surface area contributed by atoms with Crippen molar-refractivity contribution in [1.82, 2.24) is 25.3 Å². The van der Waals surface area contributed by atoms with Gasteiger partial charge in [0.1, 0.15) is 0 Å². The normalized spacial score (nSPS) is 15.0. The van der Waals surface area contributed by atoms with E-state index in [0.717, 1.165) is 12.2 Å². The lowest BCUT2D eigenvalue weighted by Gasteiger charge is -2.04. The second-order valence-corrected chi connectivity index (χ2v) is 4.92. The van der Waals surface area contributed by atoms with E-state index in [1.54, 1.807) is 10.7 Å². The minimum atomic E-state index is 0.388. The van der Waals surface area contributed by atoms with E-state index in [1.807, 2.05) is 19.2 Å². The van der Waals surface area contributed by atoms with Crippen LogP contribution in [0.3, 0.4) is 0 Å². The molecule has 5 nitrogen and oxygen atoms in total. The highest BCUT2D eigenvalue weighted by atomic mass is 35.5. The van der Waals surface area contributed by atoms with Gasteiger partial charge >= 0.3 is 0 Å². The van der Waals surface area contributed by atoms with Gasteiger partial charge in [-0.05, 0) is 31.9 Å². The molecule has 0 amide bonds. The number of hydrogen-bond acceptors (Lipinski definition) is 4. The Morgan fingerprint density at radius 3 is 2.89 bits per heavy atom. The van der Waals surface area contributed by atoms with Gasteiger partial charge < -0.3 is 5.32 Å². The van der Waals surface area contributed by atoms with Gasteiger partial charge in [-0.15, -0.1) is 10.2 Å². The summed E-state index contributed by atoms with van der Waals surface area (Å²) in [6.07, 6.45) is 4.45. The van der Waals surface area contributed by atoms with E-state index in [-0.39, 0.29) is 0 Å². The molecule has 1 saturated carbocycles. The van der Waals surface area contributed by atoms with E-state index in [4.69, 9.17) is 11.6 Å². The van der Waals surface area contributed by atoms with E-state index in [1.165, 1.54) is 18.4 Å². The van der Waals surface area contributed by atoms with Crippen molar-refractivity contribution in [2.75, 3.05) is 0 Å². The van der Waals surface area contributed by atoms with Crippen LogP contribution in [-0.2, 0) is 6.54 Å². The zero-order chi connectivity index (χ0) is 12.5. The summed E-state index contributed by atoms with van der Waals surface area (Å²) in [4.78, 5) is 0. The monoisotopic (exact) mass is 263 g/mol. The molecule has 2 heterocycles. The fourth-order valence-corrected chi connectivity index (χ4v) is 1.91. The standard InChI is InChI=1S/C12H14ClN5/c1-8-9(6-14-10-2-3-10)7-15-18(8)12-5-4-11(13)16-17-12/h4-5,7,10,14H,2-3,6H2,1H3. The molecule has 0 unspecified atom stereocenters. The number of aromatic nitrogens is 4. The van der Waals surface area contributed by atoms with Crippen molar-refractivity contribution < 1.29 is 0 Å². The van der Waals surface area contributed by atoms with Crippen molar-refractivity contribution in [2.45, 2.75) is 32.4 Å². The Hall–Kier alpha value is -1.46. The van der Waals surface area contributed by atoms with Crippen LogP contribution in [0.15, 0.2) is 18.3 Å². The molecule has 0 radical (unpaired) electrons. The molecule has 6 heteroatoms. The molecule has 0 atom stereocenters. The van der Waals surface area contributed by atoms with Gasteiger partial charge in [-0.25, -0.2) is 4.68 Å². The first-order valence-electron chi connectivity index (χ1n) is 6.00. The van der Waals surface area contributed by atoms with Crippen LogP contribution in [0.25, 0.3) is 5.82 Å². The van der Waals surface area contributed by atoms with Crippen LogP contribution in [-0.4, -0.2) is 26.0 Å². The Morgan fingerprint density at radius 2 is 2.22 bits per heavy atom. The van der Waals surface area contributed by atoms with Crippen LogP contribution in [0.4, 0.5) is 0 Å². The molecule has 3 rings (SSSR count). The number of hydrogen-bond donors (Lipinski definition) is 1. The third-order valence-corrected chi connectivity index (χ3v) is 3.31. The summed E-state index contributed by atoms with van der Waals surface area (Å²) in [6, 6.07) is 4.23. The van der Waals surface area contributed by atoms with Crippen molar-refractivity contribution in [2.24, 2.45) is 0 Å². The summed E-state index contributed by atoms with van der Waals surface area (Å²) in [5, 5.41) is 16.1. The maximum absolute atomic E-state index is 5.72. The average molecular weight is 264 g/mol. The molecule has 0 bridgehead atoms. The van der Waals surface area contributed by atoms with Crippen LogP contribution in [0.2, 0.25) is 5.15 Å². The van der Waals surface area contributed by atoms with Crippen molar-refractivity contribution in [3.8, 4) is 5.82 Å². The molecule has 1 N–H and O–H groups in total. The zero-order valence-electron chi connectivity index (χ0n) is 10.1. The van der Waals surface area contributed by atoms with Gasteiger partial charge in [0.05, 0.1) is 6.20 Å². The van der Waals surface area contributed by atoms with E-state index in [2.05, 4.69) is 20.6 Å². The summed E-state index contributed by atoms with van der Waals surface area (Å²) in [5.41, 5.74) is 2.28. The SMILES string of the molecule is Cc1c(CNC2CC2)cnn1-c1ccc(Cl)nn1. The van der Waals surface area contributed by atoms with Crippen molar-refractivity contribution >= 4 is 11.6 Å². The van der Waals surface area contributed by atoms with Crippen LogP contribution in [0.1, 0.15) is 24.1 Å². The molecule has 0 saturated heterocycles. The summed E-state index contributed by atoms with van der Waals surface area (Å²) >= 11 is 5.72. The molecule has 1 aliphatic rings. The average Bonchev–Trinajstić information content (AvgIpc) is 3.13. The lowest BCUT2D eigenvalue weighted by Crippen LogP contribution is -2.15. The third-order valence-electron chi connectivity index (χ3n) is 3.10. The largest absolute Gasteiger partial charge is 0.310 e. The fourth-order valence-electron chi connectivity index (χ4n) is 1.81. The minimum absolute atomic E-state index is 0.388. The molecule has 1 aliphatic carbocycles. The molecule has 0 aromatic carbocycles. The molecule has 2 aromatic heterocycles. The molecule has 0 aliphatic heterocycles. The van der Waals surface area contributed by atoms with E-state index >= 15 is 0 Å². The molecular weight excluding hydrogens is 250 g/mol. The summed E-state index contributed by atoms with van der Waals surface area (Å²) in [6.45, 7) is 2.89. The summed E-state index contributed by atoms with van der Waals surface area (Å²) in [5.74, 6) is 0.689. The predicted octanol–water partition coefficient (Wildman–Crippen LogP) is 1.88. The molecule has 2 aromatic rings. The smallest absolute Gasteiger partial charge is 0.176 e. The first-order chi connectivity index (χ1) is 8.74. The predicted molar refractivity (Wildman–Crippen MR) is 68.8 cm³/mol. The van der Waals surface area contributed by atoms with Crippen molar-refractivity contribution in [1.29, 1.82) is 0 Å². The van der Waals surface area contributed by atoms with Gasteiger partial charge in [-0.3, -0.25) is 0 Å². The highest BCUT2D eigenvalue weighted by Crippen LogP contribution is 2.20. The number of rotatable bonds is 4. The van der Waals surface area contributed by atoms with Gasteiger partial charge in [0.15, 0.2) is 11.0 Å². The first kappa shape index (κ1) is 11.6. The highest BCUT2D eigenvalue weighted by molar-refractivity contribution is 6.29. The number of nitrogens with zero attached hydrogens (tertiary/aromatic N) is 4. The van der Waals surface area contributed by atoms with Crippen LogP contribution in [0.5, 0.6) is 0 Å². The maximum atomic E-state index is 5.72. The quantitative estimate of drug-likeness (QED) is 0.915. The van der Waals surface area contributed by atoms with Crippen molar-refractivity contribution in [3.05, 3.63) is 34.7 Å². The van der Waals surface area contributed by atoms with Gasteiger partial charge in [0.2, 0.25) is 0 Å². The van der Waals surface area contributed by atoms with Gasteiger partial charge in [0.25, 0.3) is 0 Å². The second-order valence-electron chi connectivity index (χ2n) is 4.54. The lowest BCUT2D eigenvalue weighted by atomic mass is 10.2. The van der Waals surface area contributed by atoms with E-state index in [9.17, 15) is 0 Å². The molecule has 94 valence electrons.